The van der Waals surface area contributed by atoms with Gasteiger partial charge in [0.25, 0.3) is 0 Å². The van der Waals surface area contributed by atoms with Crippen LogP contribution in [0.4, 0.5) is 8.78 Å². The molecule has 0 fully saturated rings. The van der Waals surface area contributed by atoms with Crippen LogP contribution in [0.15, 0.2) is 33.2 Å². The average Bonchev–Trinajstić information content (AvgIpc) is 2.75. The van der Waals surface area contributed by atoms with E-state index in [9.17, 15) is 8.78 Å². The molecule has 0 radical (unpaired) electrons. The number of hydrogen-bond acceptors (Lipinski definition) is 2. The fraction of sp³-hybridized carbons (Fsp3) is 0.286. The van der Waals surface area contributed by atoms with Gasteiger partial charge >= 0.3 is 0 Å². The lowest BCUT2D eigenvalue weighted by molar-refractivity contribution is 0.277. The van der Waals surface area contributed by atoms with Crippen molar-refractivity contribution in [1.82, 2.24) is 4.90 Å². The van der Waals surface area contributed by atoms with E-state index in [2.05, 4.69) is 15.9 Å². The lowest BCUT2D eigenvalue weighted by atomic mass is 10.2. The van der Waals surface area contributed by atoms with E-state index in [1.165, 1.54) is 12.1 Å². The summed E-state index contributed by atoms with van der Waals surface area (Å²) in [6.45, 7) is 2.53. The molecule has 0 amide bonds. The molecule has 0 N–H and O–H groups in total. The van der Waals surface area contributed by atoms with E-state index in [4.69, 9.17) is 4.42 Å². The number of nitrogens with zero attached hydrogens (tertiary/aromatic N) is 1. The fourth-order valence-corrected chi connectivity index (χ4v) is 2.25. The van der Waals surface area contributed by atoms with Gasteiger partial charge in [-0.1, -0.05) is 0 Å². The molecule has 2 nitrogen and oxygen atoms in total. The Morgan fingerprint density at radius 3 is 2.53 bits per heavy atom. The van der Waals surface area contributed by atoms with Crippen LogP contribution in [-0.4, -0.2) is 11.9 Å². The minimum absolute atomic E-state index is 0.0557. The van der Waals surface area contributed by atoms with E-state index < -0.39 is 11.6 Å². The highest BCUT2D eigenvalue weighted by Crippen LogP contribution is 2.23. The van der Waals surface area contributed by atoms with Crippen molar-refractivity contribution in [2.75, 3.05) is 7.05 Å². The van der Waals surface area contributed by atoms with Gasteiger partial charge in [0, 0.05) is 12.1 Å². The zero-order valence-electron chi connectivity index (χ0n) is 10.7. The number of rotatable bonds is 4. The minimum atomic E-state index is -0.553. The van der Waals surface area contributed by atoms with Crippen molar-refractivity contribution in [3.05, 3.63) is 57.5 Å². The van der Waals surface area contributed by atoms with Crippen LogP contribution in [-0.2, 0) is 13.1 Å². The molecule has 5 heteroatoms. The van der Waals surface area contributed by atoms with Crippen LogP contribution in [0.5, 0.6) is 0 Å². The maximum absolute atomic E-state index is 13.8. The van der Waals surface area contributed by atoms with Gasteiger partial charge in [-0.2, -0.15) is 0 Å². The average molecular weight is 330 g/mol. The van der Waals surface area contributed by atoms with Crippen molar-refractivity contribution in [1.29, 1.82) is 0 Å². The first kappa shape index (κ1) is 14.2. The van der Waals surface area contributed by atoms with Gasteiger partial charge in [0.05, 0.1) is 11.0 Å². The van der Waals surface area contributed by atoms with Crippen LogP contribution in [0.2, 0.25) is 0 Å². The molecule has 0 atom stereocenters. The summed E-state index contributed by atoms with van der Waals surface area (Å²) in [6.07, 6.45) is 0. The topological polar surface area (TPSA) is 16.4 Å². The van der Waals surface area contributed by atoms with Crippen molar-refractivity contribution in [2.45, 2.75) is 20.0 Å². The van der Waals surface area contributed by atoms with Crippen molar-refractivity contribution < 1.29 is 13.2 Å². The van der Waals surface area contributed by atoms with Gasteiger partial charge < -0.3 is 4.42 Å². The Bertz CT molecular complexity index is 583. The largest absolute Gasteiger partial charge is 0.465 e. The number of aryl methyl sites for hydroxylation is 1. The van der Waals surface area contributed by atoms with Gasteiger partial charge in [-0.25, -0.2) is 8.78 Å². The van der Waals surface area contributed by atoms with Crippen molar-refractivity contribution in [3.63, 3.8) is 0 Å². The second-order valence-corrected chi connectivity index (χ2v) is 5.36. The molecular formula is C14H14BrF2NO. The molecule has 0 spiro atoms. The summed E-state index contributed by atoms with van der Waals surface area (Å²) in [4.78, 5) is 1.80. The molecule has 0 unspecified atom stereocenters. The third-order valence-electron chi connectivity index (χ3n) is 2.79. The maximum Gasteiger partial charge on any atom is 0.144 e. The van der Waals surface area contributed by atoms with Crippen molar-refractivity contribution in [3.8, 4) is 0 Å². The Morgan fingerprint density at radius 2 is 1.89 bits per heavy atom. The molecule has 0 aliphatic rings. The van der Waals surface area contributed by atoms with Crippen molar-refractivity contribution >= 4 is 15.9 Å². The van der Waals surface area contributed by atoms with E-state index >= 15 is 0 Å². The van der Waals surface area contributed by atoms with Crippen molar-refractivity contribution in [2.24, 2.45) is 0 Å². The number of halogens is 3. The molecule has 102 valence electrons. The molecular weight excluding hydrogens is 316 g/mol. The molecule has 0 aliphatic carbocycles. The first-order valence-electron chi connectivity index (χ1n) is 5.83. The smallest absolute Gasteiger partial charge is 0.144 e. The Hall–Kier alpha value is -1.20. The van der Waals surface area contributed by atoms with Crippen LogP contribution < -0.4 is 0 Å². The molecule has 0 saturated heterocycles. The number of furan rings is 1. The highest BCUT2D eigenvalue weighted by Gasteiger charge is 2.15. The second kappa shape index (κ2) is 5.84. The highest BCUT2D eigenvalue weighted by atomic mass is 79.9. The van der Waals surface area contributed by atoms with Crippen LogP contribution in [0.25, 0.3) is 0 Å². The summed E-state index contributed by atoms with van der Waals surface area (Å²) < 4.78 is 33.2. The van der Waals surface area contributed by atoms with Gasteiger partial charge in [-0.3, -0.25) is 4.90 Å². The van der Waals surface area contributed by atoms with Crippen LogP contribution in [0, 0.1) is 18.6 Å². The summed E-state index contributed by atoms with van der Waals surface area (Å²) in [7, 11) is 1.79. The minimum Gasteiger partial charge on any atom is -0.465 e. The molecule has 2 aromatic rings. The quantitative estimate of drug-likeness (QED) is 0.779. The maximum atomic E-state index is 13.8. The molecule has 0 aliphatic heterocycles. The Labute approximate surface area is 119 Å². The molecule has 1 aromatic heterocycles. The van der Waals surface area contributed by atoms with Gasteiger partial charge in [0.1, 0.15) is 23.2 Å². The third kappa shape index (κ3) is 3.42. The molecule has 0 bridgehead atoms. The lowest BCUT2D eigenvalue weighted by Crippen LogP contribution is -2.18. The molecule has 19 heavy (non-hydrogen) atoms. The van der Waals surface area contributed by atoms with Crippen LogP contribution in [0.1, 0.15) is 17.1 Å². The summed E-state index contributed by atoms with van der Waals surface area (Å²) in [6, 6.07) is 6.35. The fourth-order valence-electron chi connectivity index (χ4n) is 1.88. The standard InChI is InChI=1S/C14H14BrF2NO/c1-9-3-4-10(19-9)7-18(2)8-11-13(16)6-5-12(15)14(11)17/h3-6H,7-8H2,1-2H3. The lowest BCUT2D eigenvalue weighted by Gasteiger charge is -2.16. The monoisotopic (exact) mass is 329 g/mol. The predicted octanol–water partition coefficient (Wildman–Crippen LogP) is 4.26. The first-order valence-corrected chi connectivity index (χ1v) is 6.63. The van der Waals surface area contributed by atoms with Crippen LogP contribution in [0.3, 0.4) is 0 Å². The zero-order chi connectivity index (χ0) is 14.0. The Morgan fingerprint density at radius 1 is 1.16 bits per heavy atom. The summed E-state index contributed by atoms with van der Waals surface area (Å²) in [5.41, 5.74) is 0.0557. The van der Waals surface area contributed by atoms with E-state index in [1.807, 2.05) is 19.1 Å². The first-order chi connectivity index (χ1) is 8.97. The SMILES string of the molecule is Cc1ccc(CN(C)Cc2c(F)ccc(Br)c2F)o1. The summed E-state index contributed by atoms with van der Waals surface area (Å²) >= 11 is 3.06. The second-order valence-electron chi connectivity index (χ2n) is 4.51. The van der Waals surface area contributed by atoms with Gasteiger partial charge in [0.2, 0.25) is 0 Å². The summed E-state index contributed by atoms with van der Waals surface area (Å²) in [5.74, 6) is 0.504. The van der Waals surface area contributed by atoms with E-state index in [-0.39, 0.29) is 16.6 Å². The van der Waals surface area contributed by atoms with Gasteiger partial charge in [-0.15, -0.1) is 0 Å². The van der Waals surface area contributed by atoms with Gasteiger partial charge in [0.15, 0.2) is 0 Å². The van der Waals surface area contributed by atoms with E-state index in [1.54, 1.807) is 11.9 Å². The number of benzene rings is 1. The Balaban J connectivity index is 2.11. The van der Waals surface area contributed by atoms with Crippen LogP contribution >= 0.6 is 15.9 Å². The normalized spacial score (nSPS) is 11.3. The summed E-state index contributed by atoms with van der Waals surface area (Å²) in [5, 5.41) is 0. The molecule has 2 rings (SSSR count). The van der Waals surface area contributed by atoms with Gasteiger partial charge in [-0.05, 0) is 54.2 Å². The molecule has 0 saturated carbocycles. The molecule has 1 heterocycles. The van der Waals surface area contributed by atoms with E-state index in [0.717, 1.165) is 11.5 Å². The predicted molar refractivity (Wildman–Crippen MR) is 72.7 cm³/mol. The van der Waals surface area contributed by atoms with E-state index in [0.29, 0.717) is 6.54 Å². The number of hydrogen-bond donors (Lipinski definition) is 0. The zero-order valence-corrected chi connectivity index (χ0v) is 12.3. The molecule has 1 aromatic carbocycles. The Kier molecular flexibility index (Phi) is 4.37. The third-order valence-corrected chi connectivity index (χ3v) is 3.40. The highest BCUT2D eigenvalue weighted by molar-refractivity contribution is 9.10.